The standard InChI is InChI=1S/C12H12N4OS/c1-9(7-13)18-12-15-14-8-16(12)10-4-3-5-11(6-10)17-2/h3-6,8-9H,1-2H3/t9-/m1/s1. The summed E-state index contributed by atoms with van der Waals surface area (Å²) < 4.78 is 7.02. The maximum Gasteiger partial charge on any atom is 0.196 e. The van der Waals surface area contributed by atoms with Gasteiger partial charge in [0.2, 0.25) is 0 Å². The first-order valence-electron chi connectivity index (χ1n) is 5.35. The van der Waals surface area contributed by atoms with Gasteiger partial charge >= 0.3 is 0 Å². The highest BCUT2D eigenvalue weighted by Gasteiger charge is 2.11. The van der Waals surface area contributed by atoms with Crippen LogP contribution in [0.4, 0.5) is 0 Å². The third-order valence-corrected chi connectivity index (χ3v) is 3.26. The van der Waals surface area contributed by atoms with Crippen LogP contribution in [0, 0.1) is 11.3 Å². The zero-order chi connectivity index (χ0) is 13.0. The van der Waals surface area contributed by atoms with Crippen molar-refractivity contribution in [2.24, 2.45) is 0 Å². The Morgan fingerprint density at radius 3 is 3.06 bits per heavy atom. The maximum absolute atomic E-state index is 8.83. The Balaban J connectivity index is 2.33. The lowest BCUT2D eigenvalue weighted by molar-refractivity contribution is 0.414. The lowest BCUT2D eigenvalue weighted by atomic mass is 10.3. The normalized spacial score (nSPS) is 11.8. The highest BCUT2D eigenvalue weighted by atomic mass is 32.2. The van der Waals surface area contributed by atoms with E-state index in [0.29, 0.717) is 5.16 Å². The molecular weight excluding hydrogens is 248 g/mol. The van der Waals surface area contributed by atoms with E-state index in [1.165, 1.54) is 11.8 Å². The first-order valence-corrected chi connectivity index (χ1v) is 6.23. The molecule has 0 saturated heterocycles. The molecule has 1 heterocycles. The van der Waals surface area contributed by atoms with Crippen LogP contribution in [-0.2, 0) is 0 Å². The molecule has 0 spiro atoms. The van der Waals surface area contributed by atoms with E-state index in [0.717, 1.165) is 11.4 Å². The average Bonchev–Trinajstić information content (AvgIpc) is 2.86. The van der Waals surface area contributed by atoms with Crippen LogP contribution in [0.3, 0.4) is 0 Å². The molecule has 0 N–H and O–H groups in total. The van der Waals surface area contributed by atoms with Crippen molar-refractivity contribution in [1.29, 1.82) is 5.26 Å². The molecule has 92 valence electrons. The molecule has 0 aliphatic carbocycles. The highest BCUT2D eigenvalue weighted by Crippen LogP contribution is 2.24. The minimum Gasteiger partial charge on any atom is -0.497 e. The quantitative estimate of drug-likeness (QED) is 0.789. The summed E-state index contributed by atoms with van der Waals surface area (Å²) in [5.41, 5.74) is 0.909. The fourth-order valence-electron chi connectivity index (χ4n) is 1.43. The third kappa shape index (κ3) is 2.63. The van der Waals surface area contributed by atoms with Crippen LogP contribution < -0.4 is 4.74 Å². The molecule has 2 aromatic rings. The van der Waals surface area contributed by atoms with Crippen molar-refractivity contribution in [3.05, 3.63) is 30.6 Å². The molecule has 0 radical (unpaired) electrons. The van der Waals surface area contributed by atoms with E-state index >= 15 is 0 Å². The Kier molecular flexibility index (Phi) is 3.85. The van der Waals surface area contributed by atoms with Crippen molar-refractivity contribution in [3.8, 4) is 17.5 Å². The molecule has 0 amide bonds. The molecule has 0 aliphatic rings. The molecule has 0 unspecified atom stereocenters. The van der Waals surface area contributed by atoms with E-state index in [9.17, 15) is 0 Å². The van der Waals surface area contributed by atoms with Gasteiger partial charge in [-0.1, -0.05) is 17.8 Å². The number of rotatable bonds is 4. The van der Waals surface area contributed by atoms with Crippen LogP contribution >= 0.6 is 11.8 Å². The zero-order valence-electron chi connectivity index (χ0n) is 10.1. The Bertz CT molecular complexity index is 575. The first kappa shape index (κ1) is 12.5. The minimum absolute atomic E-state index is 0.168. The molecule has 1 aromatic carbocycles. The molecule has 1 atom stereocenters. The number of hydrogen-bond acceptors (Lipinski definition) is 5. The summed E-state index contributed by atoms with van der Waals surface area (Å²) in [6, 6.07) is 9.77. The van der Waals surface area contributed by atoms with Crippen LogP contribution in [0.5, 0.6) is 5.75 Å². The number of aromatic nitrogens is 3. The summed E-state index contributed by atoms with van der Waals surface area (Å²) >= 11 is 1.37. The number of methoxy groups -OCH3 is 1. The summed E-state index contributed by atoms with van der Waals surface area (Å²) in [6.07, 6.45) is 1.63. The Hall–Kier alpha value is -2.00. The summed E-state index contributed by atoms with van der Waals surface area (Å²) in [6.45, 7) is 1.83. The van der Waals surface area contributed by atoms with Gasteiger partial charge in [0.05, 0.1) is 24.1 Å². The van der Waals surface area contributed by atoms with Crippen molar-refractivity contribution < 1.29 is 4.74 Å². The van der Waals surface area contributed by atoms with Crippen molar-refractivity contribution in [2.75, 3.05) is 7.11 Å². The third-order valence-electron chi connectivity index (χ3n) is 2.31. The van der Waals surface area contributed by atoms with Crippen molar-refractivity contribution in [1.82, 2.24) is 14.8 Å². The second-order valence-corrected chi connectivity index (χ2v) is 4.88. The van der Waals surface area contributed by atoms with Crippen LogP contribution in [0.1, 0.15) is 6.92 Å². The fourth-order valence-corrected chi connectivity index (χ4v) is 2.16. The van der Waals surface area contributed by atoms with Crippen LogP contribution in [0.25, 0.3) is 5.69 Å². The molecule has 0 bridgehead atoms. The SMILES string of the molecule is COc1cccc(-n2cnnc2S[C@H](C)C#N)c1. The average molecular weight is 260 g/mol. The smallest absolute Gasteiger partial charge is 0.196 e. The summed E-state index contributed by atoms with van der Waals surface area (Å²) in [7, 11) is 1.62. The van der Waals surface area contributed by atoms with Gasteiger partial charge in [0.15, 0.2) is 5.16 Å². The topological polar surface area (TPSA) is 63.7 Å². The van der Waals surface area contributed by atoms with Gasteiger partial charge in [0, 0.05) is 6.07 Å². The largest absolute Gasteiger partial charge is 0.497 e. The molecule has 0 aliphatic heterocycles. The minimum atomic E-state index is -0.168. The van der Waals surface area contributed by atoms with E-state index < -0.39 is 0 Å². The van der Waals surface area contributed by atoms with Gasteiger partial charge < -0.3 is 4.74 Å². The number of nitrogens with zero attached hydrogens (tertiary/aromatic N) is 4. The molecule has 0 fully saturated rings. The second-order valence-electron chi connectivity index (χ2n) is 3.57. The van der Waals surface area contributed by atoms with E-state index in [-0.39, 0.29) is 5.25 Å². The summed E-state index contributed by atoms with van der Waals surface area (Å²) in [5, 5.41) is 17.3. The van der Waals surface area contributed by atoms with Gasteiger partial charge in [0.1, 0.15) is 12.1 Å². The predicted molar refractivity (Wildman–Crippen MR) is 68.8 cm³/mol. The molecule has 18 heavy (non-hydrogen) atoms. The maximum atomic E-state index is 8.83. The van der Waals surface area contributed by atoms with Crippen LogP contribution in [0.2, 0.25) is 0 Å². The molecular formula is C12H12N4OS. The van der Waals surface area contributed by atoms with Crippen LogP contribution in [-0.4, -0.2) is 27.1 Å². The number of ether oxygens (including phenoxy) is 1. The lowest BCUT2D eigenvalue weighted by Gasteiger charge is -2.08. The van der Waals surface area contributed by atoms with Crippen molar-refractivity contribution in [2.45, 2.75) is 17.3 Å². The Morgan fingerprint density at radius 1 is 1.50 bits per heavy atom. The number of nitriles is 1. The highest BCUT2D eigenvalue weighted by molar-refractivity contribution is 8.00. The van der Waals surface area contributed by atoms with E-state index in [4.69, 9.17) is 10.00 Å². The molecule has 2 rings (SSSR count). The van der Waals surface area contributed by atoms with Crippen molar-refractivity contribution in [3.63, 3.8) is 0 Å². The second kappa shape index (κ2) is 5.56. The van der Waals surface area contributed by atoms with E-state index in [1.54, 1.807) is 13.4 Å². The van der Waals surface area contributed by atoms with Gasteiger partial charge in [-0.05, 0) is 19.1 Å². The predicted octanol–water partition coefficient (Wildman–Crippen LogP) is 2.28. The van der Waals surface area contributed by atoms with Gasteiger partial charge in [0.25, 0.3) is 0 Å². The zero-order valence-corrected chi connectivity index (χ0v) is 10.9. The number of thioether (sulfide) groups is 1. The Labute approximate surface area is 109 Å². The summed E-state index contributed by atoms with van der Waals surface area (Å²) in [5.74, 6) is 0.769. The monoisotopic (exact) mass is 260 g/mol. The fraction of sp³-hybridized carbons (Fsp3) is 0.250. The molecule has 0 saturated carbocycles. The van der Waals surface area contributed by atoms with Crippen LogP contribution in [0.15, 0.2) is 35.7 Å². The summed E-state index contributed by atoms with van der Waals surface area (Å²) in [4.78, 5) is 0. The van der Waals surface area contributed by atoms with Gasteiger partial charge in [-0.3, -0.25) is 4.57 Å². The number of hydrogen-bond donors (Lipinski definition) is 0. The molecule has 1 aromatic heterocycles. The lowest BCUT2D eigenvalue weighted by Crippen LogP contribution is -1.99. The van der Waals surface area contributed by atoms with E-state index in [1.807, 2.05) is 35.8 Å². The van der Waals surface area contributed by atoms with E-state index in [2.05, 4.69) is 16.3 Å². The number of benzene rings is 1. The Morgan fingerprint density at radius 2 is 2.33 bits per heavy atom. The van der Waals surface area contributed by atoms with Gasteiger partial charge in [-0.15, -0.1) is 10.2 Å². The molecule has 5 nitrogen and oxygen atoms in total. The van der Waals surface area contributed by atoms with Gasteiger partial charge in [-0.2, -0.15) is 5.26 Å². The first-order chi connectivity index (χ1) is 8.74. The molecule has 6 heteroatoms. The van der Waals surface area contributed by atoms with Crippen molar-refractivity contribution >= 4 is 11.8 Å². The van der Waals surface area contributed by atoms with Gasteiger partial charge in [-0.25, -0.2) is 0 Å².